The van der Waals surface area contributed by atoms with Gasteiger partial charge in [0.2, 0.25) is 0 Å². The minimum absolute atomic E-state index is 0.101. The number of hydrogen-bond donors (Lipinski definition) is 2. The second-order valence-corrected chi connectivity index (χ2v) is 3.98. The van der Waals surface area contributed by atoms with Crippen LogP contribution in [0.15, 0.2) is 0 Å². The van der Waals surface area contributed by atoms with Crippen LogP contribution in [-0.2, 0) is 0 Å². The number of aliphatic hydroxyl groups is 1. The fraction of sp³-hybridized carbons (Fsp3) is 0.500. The Bertz CT molecular complexity index is 347. The van der Waals surface area contributed by atoms with E-state index in [1.807, 2.05) is 13.0 Å². The van der Waals surface area contributed by atoms with Gasteiger partial charge in [0.25, 0.3) is 0 Å². The molecule has 1 aromatic heterocycles. The molecule has 14 heavy (non-hydrogen) atoms. The van der Waals surface area contributed by atoms with Gasteiger partial charge in [-0.15, -0.1) is 0 Å². The monoisotopic (exact) mass is 231 g/mol. The van der Waals surface area contributed by atoms with Crippen LogP contribution in [-0.4, -0.2) is 22.1 Å². The van der Waals surface area contributed by atoms with Crippen LogP contribution in [0.3, 0.4) is 0 Å². The predicted molar refractivity (Wildman–Crippen MR) is 56.6 cm³/mol. The van der Waals surface area contributed by atoms with Crippen LogP contribution in [0.1, 0.15) is 18.9 Å². The topological polar surface area (TPSA) is 68.9 Å². The summed E-state index contributed by atoms with van der Waals surface area (Å²) in [5.74, 6) is 0. The fourth-order valence-electron chi connectivity index (χ4n) is 0.956. The van der Waals surface area contributed by atoms with E-state index in [4.69, 9.17) is 22.0 Å². The molecule has 0 amide bonds. The normalized spacial score (nSPS) is 12.1. The molecule has 0 saturated carbocycles. The second-order valence-electron chi connectivity index (χ2n) is 2.85. The molecule has 76 valence electrons. The van der Waals surface area contributed by atoms with E-state index in [1.54, 1.807) is 0 Å². The highest BCUT2D eigenvalue weighted by molar-refractivity contribution is 7.10. The van der Waals surface area contributed by atoms with Gasteiger partial charge in [0.1, 0.15) is 16.6 Å². The van der Waals surface area contributed by atoms with Crippen molar-refractivity contribution in [2.24, 2.45) is 0 Å². The Hall–Kier alpha value is -0.830. The molecule has 0 bridgehead atoms. The molecule has 0 unspecified atom stereocenters. The highest BCUT2D eigenvalue weighted by atomic mass is 35.5. The molecular formula is C8H10ClN3OS. The second kappa shape index (κ2) is 5.15. The van der Waals surface area contributed by atoms with Gasteiger partial charge in [-0.25, -0.2) is 0 Å². The van der Waals surface area contributed by atoms with Crippen LogP contribution in [0.5, 0.6) is 0 Å². The molecule has 0 spiro atoms. The first kappa shape index (κ1) is 11.2. The molecule has 0 aromatic carbocycles. The summed E-state index contributed by atoms with van der Waals surface area (Å²) in [7, 11) is 0. The summed E-state index contributed by atoms with van der Waals surface area (Å²) in [6.07, 6.45) is 0.625. The number of nitriles is 1. The minimum Gasteiger partial charge on any atom is -0.396 e. The average Bonchev–Trinajstić information content (AvgIpc) is 2.47. The first-order valence-corrected chi connectivity index (χ1v) is 5.26. The maximum Gasteiger partial charge on any atom is 0.162 e. The zero-order valence-electron chi connectivity index (χ0n) is 7.62. The molecule has 0 saturated heterocycles. The van der Waals surface area contributed by atoms with Crippen LogP contribution in [0, 0.1) is 11.3 Å². The maximum absolute atomic E-state index is 8.77. The van der Waals surface area contributed by atoms with Crippen molar-refractivity contribution in [2.45, 2.75) is 19.4 Å². The highest BCUT2D eigenvalue weighted by Gasteiger charge is 2.13. The number of nitrogens with one attached hydrogen (secondary N) is 1. The van der Waals surface area contributed by atoms with Crippen molar-refractivity contribution in [3.8, 4) is 6.07 Å². The third-order valence-corrected chi connectivity index (χ3v) is 2.85. The summed E-state index contributed by atoms with van der Waals surface area (Å²) in [4.78, 5) is 0. The van der Waals surface area contributed by atoms with Gasteiger partial charge in [0, 0.05) is 12.6 Å². The third kappa shape index (κ3) is 2.58. The summed E-state index contributed by atoms with van der Waals surface area (Å²) >= 11 is 6.85. The van der Waals surface area contributed by atoms with Crippen LogP contribution >= 0.6 is 23.1 Å². The van der Waals surface area contributed by atoms with E-state index in [2.05, 4.69) is 9.69 Å². The van der Waals surface area contributed by atoms with E-state index >= 15 is 0 Å². The molecule has 6 heteroatoms. The Morgan fingerprint density at radius 3 is 3.07 bits per heavy atom. The Morgan fingerprint density at radius 2 is 2.50 bits per heavy atom. The Morgan fingerprint density at radius 1 is 1.79 bits per heavy atom. The molecule has 0 aliphatic carbocycles. The lowest BCUT2D eigenvalue weighted by Gasteiger charge is -2.11. The van der Waals surface area contributed by atoms with Crippen molar-refractivity contribution in [1.82, 2.24) is 4.37 Å². The van der Waals surface area contributed by atoms with E-state index in [0.29, 0.717) is 17.0 Å². The van der Waals surface area contributed by atoms with Crippen LogP contribution in [0.25, 0.3) is 0 Å². The fourth-order valence-corrected chi connectivity index (χ4v) is 2.00. The van der Waals surface area contributed by atoms with Gasteiger partial charge in [-0.05, 0) is 24.9 Å². The lowest BCUT2D eigenvalue weighted by molar-refractivity contribution is 0.282. The summed E-state index contributed by atoms with van der Waals surface area (Å²) < 4.78 is 3.86. The highest BCUT2D eigenvalue weighted by Crippen LogP contribution is 2.28. The lowest BCUT2D eigenvalue weighted by Crippen LogP contribution is -2.16. The summed E-state index contributed by atoms with van der Waals surface area (Å²) in [5, 5.41) is 21.4. The lowest BCUT2D eigenvalue weighted by atomic mass is 10.2. The number of aliphatic hydroxyl groups excluding tert-OH is 1. The van der Waals surface area contributed by atoms with E-state index < -0.39 is 0 Å². The molecule has 1 heterocycles. The SMILES string of the molecule is C[C@H](CCO)Nc1snc(Cl)c1C#N. The summed E-state index contributed by atoms with van der Waals surface area (Å²) in [6.45, 7) is 2.04. The smallest absolute Gasteiger partial charge is 0.162 e. The molecule has 4 nitrogen and oxygen atoms in total. The number of hydrogen-bond acceptors (Lipinski definition) is 5. The van der Waals surface area contributed by atoms with Crippen LogP contribution < -0.4 is 5.32 Å². The Kier molecular flexibility index (Phi) is 4.14. The van der Waals surface area contributed by atoms with E-state index in [1.165, 1.54) is 0 Å². The molecular weight excluding hydrogens is 222 g/mol. The van der Waals surface area contributed by atoms with Gasteiger partial charge in [-0.1, -0.05) is 11.6 Å². The van der Waals surface area contributed by atoms with E-state index in [0.717, 1.165) is 11.5 Å². The average molecular weight is 232 g/mol. The largest absolute Gasteiger partial charge is 0.396 e. The maximum atomic E-state index is 8.77. The van der Waals surface area contributed by atoms with Crippen molar-refractivity contribution in [3.63, 3.8) is 0 Å². The first-order valence-electron chi connectivity index (χ1n) is 4.11. The van der Waals surface area contributed by atoms with Crippen molar-refractivity contribution < 1.29 is 5.11 Å². The van der Waals surface area contributed by atoms with E-state index in [9.17, 15) is 0 Å². The van der Waals surface area contributed by atoms with Gasteiger partial charge < -0.3 is 10.4 Å². The molecule has 1 rings (SSSR count). The standard InChI is InChI=1S/C8H10ClN3OS/c1-5(2-3-13)11-8-6(4-10)7(9)12-14-8/h5,11,13H,2-3H2,1H3/t5-/m1/s1. The van der Waals surface area contributed by atoms with Crippen molar-refractivity contribution >= 4 is 28.1 Å². The van der Waals surface area contributed by atoms with Gasteiger partial charge in [-0.2, -0.15) is 9.64 Å². The predicted octanol–water partition coefficient (Wildman–Crippen LogP) is 1.85. The molecule has 2 N–H and O–H groups in total. The van der Waals surface area contributed by atoms with E-state index in [-0.39, 0.29) is 17.8 Å². The molecule has 1 atom stereocenters. The third-order valence-electron chi connectivity index (χ3n) is 1.70. The van der Waals surface area contributed by atoms with Crippen molar-refractivity contribution in [2.75, 3.05) is 11.9 Å². The quantitative estimate of drug-likeness (QED) is 0.830. The molecule has 1 aromatic rings. The van der Waals surface area contributed by atoms with Crippen LogP contribution in [0.2, 0.25) is 5.15 Å². The molecule has 0 fully saturated rings. The number of nitrogens with zero attached hydrogens (tertiary/aromatic N) is 2. The Labute approximate surface area is 91.3 Å². The number of anilines is 1. The minimum atomic E-state index is 0.101. The first-order chi connectivity index (χ1) is 6.69. The Balaban J connectivity index is 2.72. The van der Waals surface area contributed by atoms with Gasteiger partial charge in [0.05, 0.1) is 0 Å². The van der Waals surface area contributed by atoms with Crippen molar-refractivity contribution in [1.29, 1.82) is 5.26 Å². The van der Waals surface area contributed by atoms with Gasteiger partial charge >= 0.3 is 0 Å². The zero-order chi connectivity index (χ0) is 10.6. The van der Waals surface area contributed by atoms with Gasteiger partial charge in [-0.3, -0.25) is 0 Å². The zero-order valence-corrected chi connectivity index (χ0v) is 9.19. The molecule has 0 aliphatic heterocycles. The number of aromatic nitrogens is 1. The van der Waals surface area contributed by atoms with Crippen molar-refractivity contribution in [3.05, 3.63) is 10.7 Å². The summed E-state index contributed by atoms with van der Waals surface area (Å²) in [5.41, 5.74) is 0.376. The molecule has 0 aliphatic rings. The van der Waals surface area contributed by atoms with Gasteiger partial charge in [0.15, 0.2) is 5.15 Å². The molecule has 0 radical (unpaired) electrons. The number of halogens is 1. The van der Waals surface area contributed by atoms with Crippen LogP contribution in [0.4, 0.5) is 5.00 Å². The summed E-state index contributed by atoms with van der Waals surface area (Å²) in [6, 6.07) is 2.08. The number of rotatable bonds is 4.